The van der Waals surface area contributed by atoms with Crippen molar-refractivity contribution in [2.24, 2.45) is 0 Å². The van der Waals surface area contributed by atoms with Gasteiger partial charge in [-0.1, -0.05) is 29.8 Å². The average molecular weight is 470 g/mol. The summed E-state index contributed by atoms with van der Waals surface area (Å²) in [6.07, 6.45) is 0. The number of hydrogen-bond acceptors (Lipinski definition) is 6. The average Bonchev–Trinajstić information content (AvgIpc) is 3.41. The number of likely N-dealkylation sites (tertiary alicyclic amines) is 1. The highest BCUT2D eigenvalue weighted by molar-refractivity contribution is 7.09. The third-order valence-corrected chi connectivity index (χ3v) is 6.39. The van der Waals surface area contributed by atoms with E-state index in [1.165, 1.54) is 29.4 Å². The summed E-state index contributed by atoms with van der Waals surface area (Å²) in [6.45, 7) is 0.238. The van der Waals surface area contributed by atoms with Crippen LogP contribution in [-0.4, -0.2) is 35.9 Å². The number of ether oxygens (including phenoxy) is 2. The molecule has 6 nitrogen and oxygen atoms in total. The van der Waals surface area contributed by atoms with Gasteiger partial charge in [-0.25, -0.2) is 0 Å². The Kier molecular flexibility index (Phi) is 6.21. The number of rotatable bonds is 6. The van der Waals surface area contributed by atoms with Crippen molar-refractivity contribution < 1.29 is 24.2 Å². The van der Waals surface area contributed by atoms with E-state index in [0.29, 0.717) is 22.1 Å². The van der Waals surface area contributed by atoms with Crippen LogP contribution in [0.3, 0.4) is 0 Å². The number of amides is 1. The maximum absolute atomic E-state index is 13.1. The zero-order valence-electron chi connectivity index (χ0n) is 17.4. The molecule has 2 aromatic carbocycles. The van der Waals surface area contributed by atoms with Crippen molar-refractivity contribution in [3.8, 4) is 11.5 Å². The zero-order valence-corrected chi connectivity index (χ0v) is 18.9. The topological polar surface area (TPSA) is 76.1 Å². The number of carbonyl (C=O) groups excluding carboxylic acids is 2. The number of ketones is 1. The van der Waals surface area contributed by atoms with E-state index >= 15 is 0 Å². The van der Waals surface area contributed by atoms with Crippen LogP contribution in [0.5, 0.6) is 11.5 Å². The molecule has 1 aliphatic heterocycles. The Morgan fingerprint density at radius 2 is 1.84 bits per heavy atom. The van der Waals surface area contributed by atoms with Gasteiger partial charge in [-0.2, -0.15) is 0 Å². The lowest BCUT2D eigenvalue weighted by Gasteiger charge is -2.25. The van der Waals surface area contributed by atoms with Crippen LogP contribution in [0.1, 0.15) is 22.0 Å². The number of Topliss-reactive ketones (excluding diaryl/α,β-unsaturated/α-hetero) is 1. The van der Waals surface area contributed by atoms with Gasteiger partial charge in [-0.05, 0) is 47.3 Å². The molecule has 0 radical (unpaired) electrons. The lowest BCUT2D eigenvalue weighted by molar-refractivity contribution is -0.140. The number of aliphatic hydroxyl groups is 1. The second-order valence-electron chi connectivity index (χ2n) is 7.12. The summed E-state index contributed by atoms with van der Waals surface area (Å²) in [5.74, 6) is -0.800. The Morgan fingerprint density at radius 3 is 2.47 bits per heavy atom. The van der Waals surface area contributed by atoms with Crippen LogP contribution >= 0.6 is 22.9 Å². The van der Waals surface area contributed by atoms with E-state index in [1.807, 2.05) is 17.5 Å². The van der Waals surface area contributed by atoms with Crippen LogP contribution < -0.4 is 9.47 Å². The summed E-state index contributed by atoms with van der Waals surface area (Å²) in [7, 11) is 3.01. The first-order valence-electron chi connectivity index (χ1n) is 9.73. The van der Waals surface area contributed by atoms with Gasteiger partial charge in [0, 0.05) is 9.90 Å². The molecule has 0 bridgehead atoms. The SMILES string of the molecule is COc1ccc(C2/C(=C(\O)c3cc(Cl)ccc3OC)C(=O)C(=O)N2Cc2cccs2)cc1. The Morgan fingerprint density at radius 1 is 1.09 bits per heavy atom. The Labute approximate surface area is 194 Å². The Bertz CT molecular complexity index is 1190. The smallest absolute Gasteiger partial charge is 0.295 e. The molecule has 1 aromatic heterocycles. The summed E-state index contributed by atoms with van der Waals surface area (Å²) in [5.41, 5.74) is 0.897. The normalized spacial score (nSPS) is 17.6. The van der Waals surface area contributed by atoms with E-state index < -0.39 is 17.7 Å². The standard InChI is InChI=1S/C24H20ClNO5S/c1-30-16-8-5-14(6-9-16)21-20(22(27)18-12-15(25)7-10-19(18)31-2)23(28)24(29)26(21)13-17-4-3-11-32-17/h3-12,21,27H,13H2,1-2H3/b22-20+. The summed E-state index contributed by atoms with van der Waals surface area (Å²) < 4.78 is 10.6. The minimum absolute atomic E-state index is 0.0164. The molecule has 1 unspecified atom stereocenters. The van der Waals surface area contributed by atoms with Crippen molar-refractivity contribution in [2.45, 2.75) is 12.6 Å². The molecule has 1 N–H and O–H groups in total. The molecule has 0 saturated carbocycles. The number of aliphatic hydroxyl groups excluding tert-OH is 1. The minimum atomic E-state index is -0.785. The van der Waals surface area contributed by atoms with Crippen molar-refractivity contribution in [1.82, 2.24) is 4.90 Å². The first kappa shape index (κ1) is 21.9. The molecule has 1 saturated heterocycles. The van der Waals surface area contributed by atoms with E-state index in [1.54, 1.807) is 43.5 Å². The predicted octanol–water partition coefficient (Wildman–Crippen LogP) is 5.04. The molecule has 0 aliphatic carbocycles. The molecule has 8 heteroatoms. The number of nitrogens with zero attached hydrogens (tertiary/aromatic N) is 1. The fourth-order valence-corrected chi connectivity index (χ4v) is 4.63. The number of carbonyl (C=O) groups is 2. The van der Waals surface area contributed by atoms with Crippen LogP contribution in [-0.2, 0) is 16.1 Å². The van der Waals surface area contributed by atoms with Crippen LogP contribution in [0.25, 0.3) is 5.76 Å². The molecular formula is C24H20ClNO5S. The molecule has 1 amide bonds. The lowest BCUT2D eigenvalue weighted by Crippen LogP contribution is -2.28. The molecule has 1 fully saturated rings. The van der Waals surface area contributed by atoms with Gasteiger partial charge >= 0.3 is 0 Å². The first-order valence-corrected chi connectivity index (χ1v) is 11.0. The largest absolute Gasteiger partial charge is 0.507 e. The van der Waals surface area contributed by atoms with Gasteiger partial charge in [0.05, 0.1) is 37.9 Å². The molecular weight excluding hydrogens is 450 g/mol. The number of hydrogen-bond donors (Lipinski definition) is 1. The van der Waals surface area contributed by atoms with Crippen LogP contribution in [0.2, 0.25) is 5.02 Å². The quantitative estimate of drug-likeness (QED) is 0.311. The molecule has 2 heterocycles. The third-order valence-electron chi connectivity index (χ3n) is 5.29. The molecule has 1 atom stereocenters. The van der Waals surface area contributed by atoms with E-state index in [9.17, 15) is 14.7 Å². The van der Waals surface area contributed by atoms with Gasteiger partial charge < -0.3 is 19.5 Å². The van der Waals surface area contributed by atoms with E-state index in [2.05, 4.69) is 0 Å². The highest BCUT2D eigenvalue weighted by atomic mass is 35.5. The van der Waals surface area contributed by atoms with E-state index in [0.717, 1.165) is 4.88 Å². The summed E-state index contributed by atoms with van der Waals surface area (Å²) in [4.78, 5) is 28.6. The number of benzene rings is 2. The third kappa shape index (κ3) is 3.97. The summed E-state index contributed by atoms with van der Waals surface area (Å²) in [6, 6.07) is 14.8. The monoisotopic (exact) mass is 469 g/mol. The van der Waals surface area contributed by atoms with Crippen molar-refractivity contribution in [3.05, 3.63) is 86.6 Å². The van der Waals surface area contributed by atoms with E-state index in [4.69, 9.17) is 21.1 Å². The fourth-order valence-electron chi connectivity index (χ4n) is 3.76. The van der Waals surface area contributed by atoms with Crippen LogP contribution in [0.4, 0.5) is 0 Å². The molecule has 1 aliphatic rings. The highest BCUT2D eigenvalue weighted by Crippen LogP contribution is 2.42. The molecule has 0 spiro atoms. The second kappa shape index (κ2) is 9.06. The number of thiophene rings is 1. The molecule has 32 heavy (non-hydrogen) atoms. The van der Waals surface area contributed by atoms with Crippen molar-refractivity contribution in [3.63, 3.8) is 0 Å². The minimum Gasteiger partial charge on any atom is -0.507 e. The Hall–Kier alpha value is -3.29. The summed E-state index contributed by atoms with van der Waals surface area (Å²) in [5, 5.41) is 13.5. The van der Waals surface area contributed by atoms with Gasteiger partial charge in [0.25, 0.3) is 11.7 Å². The zero-order chi connectivity index (χ0) is 22.8. The van der Waals surface area contributed by atoms with Gasteiger partial charge in [-0.15, -0.1) is 11.3 Å². The Balaban J connectivity index is 1.90. The highest BCUT2D eigenvalue weighted by Gasteiger charge is 2.46. The molecule has 164 valence electrons. The maximum Gasteiger partial charge on any atom is 0.295 e. The summed E-state index contributed by atoms with van der Waals surface area (Å²) >= 11 is 7.63. The molecule has 4 rings (SSSR count). The number of halogens is 1. The maximum atomic E-state index is 13.1. The van der Waals surface area contributed by atoms with Gasteiger partial charge in [0.15, 0.2) is 0 Å². The van der Waals surface area contributed by atoms with Crippen molar-refractivity contribution >= 4 is 40.4 Å². The fraction of sp³-hybridized carbons (Fsp3) is 0.167. The number of methoxy groups -OCH3 is 2. The first-order chi connectivity index (χ1) is 15.4. The van der Waals surface area contributed by atoms with Crippen molar-refractivity contribution in [1.29, 1.82) is 0 Å². The van der Waals surface area contributed by atoms with Gasteiger partial charge in [0.2, 0.25) is 0 Å². The van der Waals surface area contributed by atoms with Gasteiger partial charge in [-0.3, -0.25) is 9.59 Å². The van der Waals surface area contributed by atoms with Gasteiger partial charge in [0.1, 0.15) is 17.3 Å². The molecule has 3 aromatic rings. The van der Waals surface area contributed by atoms with Crippen LogP contribution in [0, 0.1) is 0 Å². The second-order valence-corrected chi connectivity index (χ2v) is 8.59. The van der Waals surface area contributed by atoms with E-state index in [-0.39, 0.29) is 23.4 Å². The van der Waals surface area contributed by atoms with Crippen molar-refractivity contribution in [2.75, 3.05) is 14.2 Å². The van der Waals surface area contributed by atoms with Crippen LogP contribution in [0.15, 0.2) is 65.6 Å². The lowest BCUT2D eigenvalue weighted by atomic mass is 9.95. The predicted molar refractivity (Wildman–Crippen MR) is 123 cm³/mol.